The molecule has 100 valence electrons. The monoisotopic (exact) mass is 269 g/mol. The molecule has 0 aromatic carbocycles. The van der Waals surface area contributed by atoms with Crippen LogP contribution in [0.5, 0.6) is 0 Å². The quantitative estimate of drug-likeness (QED) is 0.873. The van der Waals surface area contributed by atoms with Crippen LogP contribution in [-0.4, -0.2) is 22.0 Å². The third-order valence-electron chi connectivity index (χ3n) is 2.35. The highest BCUT2D eigenvalue weighted by Crippen LogP contribution is 2.35. The van der Waals surface area contributed by atoms with Crippen LogP contribution >= 0.6 is 0 Å². The van der Waals surface area contributed by atoms with Crippen molar-refractivity contribution < 1.29 is 13.2 Å². The first-order chi connectivity index (χ1) is 8.91. The van der Waals surface area contributed by atoms with E-state index in [4.69, 9.17) is 5.73 Å². The van der Waals surface area contributed by atoms with Gasteiger partial charge in [-0.25, -0.2) is 4.98 Å². The SMILES string of the molecule is CNc1cc(-c2cccnc2C(F)(F)F)nc(N)n1. The van der Waals surface area contributed by atoms with Gasteiger partial charge in [-0.3, -0.25) is 4.98 Å². The Balaban J connectivity index is 2.62. The van der Waals surface area contributed by atoms with Gasteiger partial charge in [-0.2, -0.15) is 18.2 Å². The van der Waals surface area contributed by atoms with Gasteiger partial charge in [0.25, 0.3) is 0 Å². The van der Waals surface area contributed by atoms with Gasteiger partial charge in [0.1, 0.15) is 5.82 Å². The predicted molar refractivity (Wildman–Crippen MR) is 64.2 cm³/mol. The van der Waals surface area contributed by atoms with Crippen LogP contribution in [0.1, 0.15) is 5.69 Å². The summed E-state index contributed by atoms with van der Waals surface area (Å²) < 4.78 is 38.6. The van der Waals surface area contributed by atoms with Crippen LogP contribution in [0.15, 0.2) is 24.4 Å². The summed E-state index contributed by atoms with van der Waals surface area (Å²) in [5.41, 5.74) is 4.39. The summed E-state index contributed by atoms with van der Waals surface area (Å²) in [5.74, 6) is 0.221. The van der Waals surface area contributed by atoms with Crippen LogP contribution in [0, 0.1) is 0 Å². The van der Waals surface area contributed by atoms with Crippen LogP contribution < -0.4 is 11.1 Å². The van der Waals surface area contributed by atoms with Gasteiger partial charge in [-0.15, -0.1) is 0 Å². The number of halogens is 3. The normalized spacial score (nSPS) is 11.4. The molecule has 3 N–H and O–H groups in total. The van der Waals surface area contributed by atoms with Gasteiger partial charge in [-0.05, 0) is 12.1 Å². The first-order valence-corrected chi connectivity index (χ1v) is 5.26. The molecule has 0 saturated carbocycles. The fraction of sp³-hybridized carbons (Fsp3) is 0.182. The van der Waals surface area contributed by atoms with E-state index in [1.54, 1.807) is 7.05 Å². The average molecular weight is 269 g/mol. The summed E-state index contributed by atoms with van der Waals surface area (Å²) >= 11 is 0. The molecule has 0 saturated heterocycles. The Morgan fingerprint density at radius 1 is 1.26 bits per heavy atom. The maximum absolute atomic E-state index is 12.9. The minimum atomic E-state index is -4.56. The van der Waals surface area contributed by atoms with Gasteiger partial charge in [0.2, 0.25) is 5.95 Å². The van der Waals surface area contributed by atoms with Crippen molar-refractivity contribution in [1.82, 2.24) is 15.0 Å². The highest BCUT2D eigenvalue weighted by Gasteiger charge is 2.35. The molecule has 2 aromatic heterocycles. The number of aromatic nitrogens is 3. The van der Waals surface area contributed by atoms with Crippen LogP contribution in [0.25, 0.3) is 11.3 Å². The Morgan fingerprint density at radius 3 is 2.63 bits per heavy atom. The molecule has 0 fully saturated rings. The molecule has 19 heavy (non-hydrogen) atoms. The Hall–Kier alpha value is -2.38. The lowest BCUT2D eigenvalue weighted by atomic mass is 10.1. The Labute approximate surface area is 106 Å². The van der Waals surface area contributed by atoms with Crippen molar-refractivity contribution in [3.05, 3.63) is 30.1 Å². The number of nitrogens with two attached hydrogens (primary N) is 1. The molecular weight excluding hydrogens is 259 g/mol. The van der Waals surface area contributed by atoms with E-state index in [-0.39, 0.29) is 17.2 Å². The van der Waals surface area contributed by atoms with E-state index >= 15 is 0 Å². The summed E-state index contributed by atoms with van der Waals surface area (Å²) in [6.45, 7) is 0. The number of anilines is 2. The largest absolute Gasteiger partial charge is 0.434 e. The Kier molecular flexibility index (Phi) is 3.24. The van der Waals surface area contributed by atoms with E-state index in [1.807, 2.05) is 0 Å². The molecule has 0 aliphatic heterocycles. The summed E-state index contributed by atoms with van der Waals surface area (Å²) in [4.78, 5) is 11.0. The van der Waals surface area contributed by atoms with Crippen LogP contribution in [0.4, 0.5) is 24.9 Å². The third kappa shape index (κ3) is 2.72. The van der Waals surface area contributed by atoms with Crippen molar-refractivity contribution in [3.8, 4) is 11.3 Å². The van der Waals surface area contributed by atoms with Crippen molar-refractivity contribution >= 4 is 11.8 Å². The molecule has 0 radical (unpaired) electrons. The minimum Gasteiger partial charge on any atom is -0.373 e. The van der Waals surface area contributed by atoms with Gasteiger partial charge in [-0.1, -0.05) is 0 Å². The lowest BCUT2D eigenvalue weighted by molar-refractivity contribution is -0.140. The first kappa shape index (κ1) is 13.1. The van der Waals surface area contributed by atoms with E-state index < -0.39 is 11.9 Å². The van der Waals surface area contributed by atoms with Gasteiger partial charge >= 0.3 is 6.18 Å². The molecule has 0 aliphatic rings. The standard InChI is InChI=1S/C11H10F3N5/c1-16-8-5-7(18-10(15)19-8)6-3-2-4-17-9(6)11(12,13)14/h2-5H,1H3,(H3,15,16,18,19). The molecule has 0 unspecified atom stereocenters. The summed E-state index contributed by atoms with van der Waals surface area (Å²) in [6.07, 6.45) is -3.48. The summed E-state index contributed by atoms with van der Waals surface area (Å²) in [7, 11) is 1.58. The number of nitrogen functional groups attached to an aromatic ring is 1. The zero-order valence-corrected chi connectivity index (χ0v) is 9.86. The zero-order chi connectivity index (χ0) is 14.0. The number of nitrogens with one attached hydrogen (secondary N) is 1. The van der Waals surface area contributed by atoms with Crippen molar-refractivity contribution in [2.24, 2.45) is 0 Å². The van der Waals surface area contributed by atoms with Gasteiger partial charge < -0.3 is 11.1 Å². The second-order valence-corrected chi connectivity index (χ2v) is 3.64. The predicted octanol–water partition coefficient (Wildman–Crippen LogP) is 2.18. The number of nitrogens with zero attached hydrogens (tertiary/aromatic N) is 3. The molecule has 0 atom stereocenters. The van der Waals surface area contributed by atoms with Crippen LogP contribution in [0.2, 0.25) is 0 Å². The van der Waals surface area contributed by atoms with Crippen molar-refractivity contribution in [3.63, 3.8) is 0 Å². The fourth-order valence-corrected chi connectivity index (χ4v) is 1.57. The van der Waals surface area contributed by atoms with Crippen molar-refractivity contribution in [2.75, 3.05) is 18.1 Å². The smallest absolute Gasteiger partial charge is 0.373 e. The Bertz CT molecular complexity index is 597. The minimum absolute atomic E-state index is 0.0669. The van der Waals surface area contributed by atoms with Gasteiger partial charge in [0.15, 0.2) is 5.69 Å². The molecule has 5 nitrogen and oxygen atoms in total. The highest BCUT2D eigenvalue weighted by atomic mass is 19.4. The van der Waals surface area contributed by atoms with Crippen LogP contribution in [0.3, 0.4) is 0 Å². The topological polar surface area (TPSA) is 76.7 Å². The maximum atomic E-state index is 12.9. The number of rotatable bonds is 2. The molecule has 0 amide bonds. The molecule has 0 aliphatic carbocycles. The average Bonchev–Trinajstić information content (AvgIpc) is 2.37. The van der Waals surface area contributed by atoms with Gasteiger partial charge in [0, 0.05) is 24.9 Å². The molecule has 0 spiro atoms. The van der Waals surface area contributed by atoms with Crippen molar-refractivity contribution in [2.45, 2.75) is 6.18 Å². The van der Waals surface area contributed by atoms with E-state index in [0.29, 0.717) is 5.82 Å². The third-order valence-corrected chi connectivity index (χ3v) is 2.35. The number of alkyl halides is 3. The number of hydrogen-bond donors (Lipinski definition) is 2. The van der Waals surface area contributed by atoms with E-state index in [2.05, 4.69) is 20.3 Å². The molecule has 0 bridgehead atoms. The van der Waals surface area contributed by atoms with Crippen LogP contribution in [-0.2, 0) is 6.18 Å². The lowest BCUT2D eigenvalue weighted by Gasteiger charge is -2.11. The molecular formula is C11H10F3N5. The lowest BCUT2D eigenvalue weighted by Crippen LogP contribution is -2.11. The fourth-order valence-electron chi connectivity index (χ4n) is 1.57. The van der Waals surface area contributed by atoms with Crippen molar-refractivity contribution in [1.29, 1.82) is 0 Å². The maximum Gasteiger partial charge on any atom is 0.434 e. The zero-order valence-electron chi connectivity index (χ0n) is 9.86. The second kappa shape index (κ2) is 4.71. The summed E-state index contributed by atoms with van der Waals surface area (Å²) in [5, 5.41) is 2.70. The van der Waals surface area contributed by atoms with E-state index in [9.17, 15) is 13.2 Å². The Morgan fingerprint density at radius 2 is 2.00 bits per heavy atom. The van der Waals surface area contributed by atoms with Gasteiger partial charge in [0.05, 0.1) is 5.69 Å². The van der Waals surface area contributed by atoms with E-state index in [1.165, 1.54) is 18.2 Å². The molecule has 8 heteroatoms. The number of pyridine rings is 1. The summed E-state index contributed by atoms with van der Waals surface area (Å²) in [6, 6.07) is 4.07. The molecule has 2 heterocycles. The first-order valence-electron chi connectivity index (χ1n) is 5.26. The highest BCUT2D eigenvalue weighted by molar-refractivity contribution is 5.66. The van der Waals surface area contributed by atoms with E-state index in [0.717, 1.165) is 6.20 Å². The second-order valence-electron chi connectivity index (χ2n) is 3.64. The molecule has 2 aromatic rings. The number of hydrogen-bond acceptors (Lipinski definition) is 5. The molecule has 2 rings (SSSR count).